The van der Waals surface area contributed by atoms with Crippen LogP contribution in [0.5, 0.6) is 0 Å². The number of halogens is 1. The van der Waals surface area contributed by atoms with Crippen LogP contribution in [0.3, 0.4) is 0 Å². The average Bonchev–Trinajstić information content (AvgIpc) is 2.31. The van der Waals surface area contributed by atoms with Gasteiger partial charge in [0, 0.05) is 16.2 Å². The Kier molecular flexibility index (Phi) is 4.37. The molecular formula is C16H24BrN. The van der Waals surface area contributed by atoms with E-state index in [2.05, 4.69) is 66.3 Å². The van der Waals surface area contributed by atoms with Gasteiger partial charge >= 0.3 is 0 Å². The maximum absolute atomic E-state index is 3.76. The molecule has 2 rings (SSSR count). The van der Waals surface area contributed by atoms with Crippen molar-refractivity contribution >= 4 is 21.6 Å². The highest BCUT2D eigenvalue weighted by molar-refractivity contribution is 9.10. The first-order valence-electron chi connectivity index (χ1n) is 6.99. The summed E-state index contributed by atoms with van der Waals surface area (Å²) in [6.07, 6.45) is 5.39. The fourth-order valence-electron chi connectivity index (χ4n) is 3.12. The molecule has 18 heavy (non-hydrogen) atoms. The van der Waals surface area contributed by atoms with Gasteiger partial charge in [-0.15, -0.1) is 0 Å². The zero-order chi connectivity index (χ0) is 13.2. The number of para-hydroxylation sites is 1. The molecule has 1 aliphatic rings. The van der Waals surface area contributed by atoms with Crippen LogP contribution in [0.15, 0.2) is 28.7 Å². The van der Waals surface area contributed by atoms with Gasteiger partial charge < -0.3 is 5.32 Å². The number of hydrogen-bond donors (Lipinski definition) is 1. The molecule has 0 aliphatic heterocycles. The molecule has 100 valence electrons. The summed E-state index contributed by atoms with van der Waals surface area (Å²) >= 11 is 3.63. The van der Waals surface area contributed by atoms with Crippen molar-refractivity contribution in [1.29, 1.82) is 0 Å². The highest BCUT2D eigenvalue weighted by Crippen LogP contribution is 2.39. The van der Waals surface area contributed by atoms with Gasteiger partial charge in [-0.1, -0.05) is 45.7 Å². The Morgan fingerprint density at radius 2 is 1.78 bits per heavy atom. The lowest BCUT2D eigenvalue weighted by Crippen LogP contribution is -2.39. The predicted molar refractivity (Wildman–Crippen MR) is 83.0 cm³/mol. The van der Waals surface area contributed by atoms with E-state index < -0.39 is 0 Å². The van der Waals surface area contributed by atoms with Crippen molar-refractivity contribution in [3.05, 3.63) is 28.7 Å². The maximum atomic E-state index is 3.76. The van der Waals surface area contributed by atoms with Gasteiger partial charge in [-0.25, -0.2) is 0 Å². The normalized spacial score (nSPS) is 24.9. The van der Waals surface area contributed by atoms with Crippen LogP contribution in [0, 0.1) is 11.3 Å². The topological polar surface area (TPSA) is 12.0 Å². The Hall–Kier alpha value is -0.500. The Morgan fingerprint density at radius 1 is 1.11 bits per heavy atom. The molecule has 0 spiro atoms. The Morgan fingerprint density at radius 3 is 2.44 bits per heavy atom. The summed E-state index contributed by atoms with van der Waals surface area (Å²) in [5.74, 6) is 0.762. The summed E-state index contributed by atoms with van der Waals surface area (Å²) in [5, 5.41) is 3.76. The minimum absolute atomic E-state index is 0.388. The summed E-state index contributed by atoms with van der Waals surface area (Å²) in [4.78, 5) is 0. The van der Waals surface area contributed by atoms with Crippen LogP contribution < -0.4 is 5.32 Å². The molecule has 0 amide bonds. The summed E-state index contributed by atoms with van der Waals surface area (Å²) in [7, 11) is 0. The van der Waals surface area contributed by atoms with Crippen LogP contribution in [0.25, 0.3) is 0 Å². The largest absolute Gasteiger partial charge is 0.381 e. The molecule has 1 saturated carbocycles. The molecule has 0 aromatic heterocycles. The molecule has 1 aromatic rings. The van der Waals surface area contributed by atoms with Gasteiger partial charge in [-0.3, -0.25) is 0 Å². The molecule has 1 N–H and O–H groups in total. The van der Waals surface area contributed by atoms with Gasteiger partial charge in [0.05, 0.1) is 0 Å². The van der Waals surface area contributed by atoms with E-state index >= 15 is 0 Å². The van der Waals surface area contributed by atoms with E-state index in [1.807, 2.05) is 0 Å². The molecule has 1 aromatic carbocycles. The summed E-state index contributed by atoms with van der Waals surface area (Å²) in [6.45, 7) is 7.12. The summed E-state index contributed by atoms with van der Waals surface area (Å²) in [6, 6.07) is 9.05. The third-order valence-electron chi connectivity index (χ3n) is 4.09. The smallest absolute Gasteiger partial charge is 0.0486 e. The maximum Gasteiger partial charge on any atom is 0.0486 e. The Bertz CT molecular complexity index is 394. The quantitative estimate of drug-likeness (QED) is 0.764. The molecule has 0 heterocycles. The third kappa shape index (κ3) is 3.28. The first-order valence-corrected chi connectivity index (χ1v) is 7.79. The second-order valence-corrected chi connectivity index (χ2v) is 7.34. The van der Waals surface area contributed by atoms with Crippen molar-refractivity contribution in [3.63, 3.8) is 0 Å². The van der Waals surface area contributed by atoms with Crippen molar-refractivity contribution in [3.8, 4) is 0 Å². The van der Waals surface area contributed by atoms with E-state index in [4.69, 9.17) is 0 Å². The highest BCUT2D eigenvalue weighted by Gasteiger charge is 2.34. The summed E-state index contributed by atoms with van der Waals surface area (Å²) in [5.41, 5.74) is 1.62. The molecular weight excluding hydrogens is 286 g/mol. The molecule has 0 radical (unpaired) electrons. The van der Waals surface area contributed by atoms with Crippen LogP contribution in [-0.4, -0.2) is 6.04 Å². The van der Waals surface area contributed by atoms with Crippen molar-refractivity contribution in [1.82, 2.24) is 0 Å². The fraction of sp³-hybridized carbons (Fsp3) is 0.625. The molecule has 1 nitrogen and oxygen atoms in total. The molecule has 1 aliphatic carbocycles. The molecule has 0 saturated heterocycles. The zero-order valence-electron chi connectivity index (χ0n) is 11.7. The lowest BCUT2D eigenvalue weighted by Gasteiger charge is -2.41. The zero-order valence-corrected chi connectivity index (χ0v) is 13.3. The molecule has 2 heteroatoms. The second kappa shape index (κ2) is 5.64. The van der Waals surface area contributed by atoms with Gasteiger partial charge in [0.25, 0.3) is 0 Å². The standard InChI is InChI=1S/C16H24BrN/c1-16(2,3)12-8-4-6-10-14(12)18-15-11-7-5-9-13(15)17/h5,7,9,11-12,14,18H,4,6,8,10H2,1-3H3. The first kappa shape index (κ1) is 13.9. The summed E-state index contributed by atoms with van der Waals surface area (Å²) < 4.78 is 1.17. The van der Waals surface area contributed by atoms with Gasteiger partial charge in [0.15, 0.2) is 0 Å². The van der Waals surface area contributed by atoms with Crippen molar-refractivity contribution < 1.29 is 0 Å². The highest BCUT2D eigenvalue weighted by atomic mass is 79.9. The fourth-order valence-corrected chi connectivity index (χ4v) is 3.52. The van der Waals surface area contributed by atoms with E-state index in [0.29, 0.717) is 11.5 Å². The van der Waals surface area contributed by atoms with Crippen molar-refractivity contribution in [2.45, 2.75) is 52.5 Å². The third-order valence-corrected chi connectivity index (χ3v) is 4.78. The number of rotatable bonds is 2. The number of nitrogens with one attached hydrogen (secondary N) is 1. The number of hydrogen-bond acceptors (Lipinski definition) is 1. The Labute approximate surface area is 119 Å². The van der Waals surface area contributed by atoms with Crippen LogP contribution >= 0.6 is 15.9 Å². The SMILES string of the molecule is CC(C)(C)C1CCCCC1Nc1ccccc1Br. The molecule has 1 fully saturated rings. The van der Waals surface area contributed by atoms with Crippen LogP contribution in [-0.2, 0) is 0 Å². The first-order chi connectivity index (χ1) is 8.48. The lowest BCUT2D eigenvalue weighted by molar-refractivity contribution is 0.163. The second-order valence-electron chi connectivity index (χ2n) is 6.49. The van der Waals surface area contributed by atoms with Crippen LogP contribution in [0.4, 0.5) is 5.69 Å². The molecule has 2 unspecified atom stereocenters. The Balaban J connectivity index is 2.13. The van der Waals surface area contributed by atoms with Crippen molar-refractivity contribution in [2.24, 2.45) is 11.3 Å². The number of anilines is 1. The minimum Gasteiger partial charge on any atom is -0.381 e. The van der Waals surface area contributed by atoms with Crippen LogP contribution in [0.1, 0.15) is 46.5 Å². The van der Waals surface area contributed by atoms with E-state index in [0.717, 1.165) is 5.92 Å². The minimum atomic E-state index is 0.388. The van der Waals surface area contributed by atoms with E-state index in [9.17, 15) is 0 Å². The number of benzene rings is 1. The average molecular weight is 310 g/mol. The molecule has 2 atom stereocenters. The van der Waals surface area contributed by atoms with E-state index in [-0.39, 0.29) is 0 Å². The monoisotopic (exact) mass is 309 g/mol. The predicted octanol–water partition coefficient (Wildman–Crippen LogP) is 5.47. The van der Waals surface area contributed by atoms with Gasteiger partial charge in [0.2, 0.25) is 0 Å². The van der Waals surface area contributed by atoms with E-state index in [1.165, 1.54) is 35.8 Å². The van der Waals surface area contributed by atoms with Gasteiger partial charge in [0.1, 0.15) is 0 Å². The van der Waals surface area contributed by atoms with Crippen LogP contribution in [0.2, 0.25) is 0 Å². The van der Waals surface area contributed by atoms with E-state index in [1.54, 1.807) is 0 Å². The lowest BCUT2D eigenvalue weighted by atomic mass is 9.69. The van der Waals surface area contributed by atoms with Crippen molar-refractivity contribution in [2.75, 3.05) is 5.32 Å². The van der Waals surface area contributed by atoms with Gasteiger partial charge in [-0.05, 0) is 52.2 Å². The molecule has 0 bridgehead atoms. The van der Waals surface area contributed by atoms with Gasteiger partial charge in [-0.2, -0.15) is 0 Å².